The Labute approximate surface area is 129 Å². The molecule has 3 heterocycles. The zero-order valence-electron chi connectivity index (χ0n) is 12.9. The molecule has 1 N–H and O–H groups in total. The molecule has 0 aliphatic carbocycles. The van der Waals surface area contributed by atoms with Gasteiger partial charge in [0, 0.05) is 38.3 Å². The summed E-state index contributed by atoms with van der Waals surface area (Å²) in [6, 6.07) is 0. The number of carbonyl (C=O) groups is 1. The van der Waals surface area contributed by atoms with Gasteiger partial charge in [-0.3, -0.25) is 9.48 Å². The van der Waals surface area contributed by atoms with E-state index in [4.69, 9.17) is 4.74 Å². The quantitative estimate of drug-likeness (QED) is 0.914. The summed E-state index contributed by atoms with van der Waals surface area (Å²) in [6.07, 6.45) is 7.58. The number of aryl methyl sites for hydroxylation is 2. The van der Waals surface area contributed by atoms with E-state index < -0.39 is 0 Å². The van der Waals surface area contributed by atoms with Gasteiger partial charge in [-0.05, 0) is 20.3 Å². The van der Waals surface area contributed by atoms with Crippen LogP contribution in [0.5, 0.6) is 0 Å². The molecule has 1 aliphatic rings. The largest absolute Gasteiger partial charge is 0.369 e. The van der Waals surface area contributed by atoms with Gasteiger partial charge in [0.15, 0.2) is 0 Å². The second kappa shape index (κ2) is 6.31. The standard InChI is InChI=1S/C15H21N5O2/c1-3-19-7-6-16-14(19)13-12(5-8-22-13)15(21)18-11-9-17-20(4-2)10-11/h6-7,9-10,12-13H,3-5,8H2,1-2H3,(H,18,21)/t12-,13-/m1/s1. The molecule has 0 radical (unpaired) electrons. The molecule has 7 nitrogen and oxygen atoms in total. The number of nitrogens with one attached hydrogen (secondary N) is 1. The molecular weight excluding hydrogens is 282 g/mol. The summed E-state index contributed by atoms with van der Waals surface area (Å²) >= 11 is 0. The van der Waals surface area contributed by atoms with E-state index in [0.717, 1.165) is 24.6 Å². The average Bonchev–Trinajstić information content (AvgIpc) is 3.25. The first-order valence-corrected chi connectivity index (χ1v) is 7.68. The van der Waals surface area contributed by atoms with E-state index >= 15 is 0 Å². The molecule has 1 amide bonds. The molecule has 2 aromatic rings. The monoisotopic (exact) mass is 303 g/mol. The van der Waals surface area contributed by atoms with E-state index in [2.05, 4.69) is 15.4 Å². The molecule has 2 aromatic heterocycles. The Kier molecular flexibility index (Phi) is 4.24. The number of ether oxygens (including phenoxy) is 1. The van der Waals surface area contributed by atoms with Gasteiger partial charge in [0.05, 0.1) is 17.8 Å². The fourth-order valence-electron chi connectivity index (χ4n) is 2.79. The summed E-state index contributed by atoms with van der Waals surface area (Å²) in [4.78, 5) is 16.9. The molecule has 3 rings (SSSR count). The third-order valence-corrected chi connectivity index (χ3v) is 4.00. The van der Waals surface area contributed by atoms with Crippen LogP contribution in [0, 0.1) is 5.92 Å². The molecule has 0 bridgehead atoms. The maximum Gasteiger partial charge on any atom is 0.230 e. The van der Waals surface area contributed by atoms with Gasteiger partial charge in [0.2, 0.25) is 5.91 Å². The number of aromatic nitrogens is 4. The zero-order valence-corrected chi connectivity index (χ0v) is 12.9. The summed E-state index contributed by atoms with van der Waals surface area (Å²) in [6.45, 7) is 6.22. The molecule has 0 saturated carbocycles. The molecule has 1 saturated heterocycles. The van der Waals surface area contributed by atoms with Crippen LogP contribution in [0.1, 0.15) is 32.2 Å². The zero-order chi connectivity index (χ0) is 15.5. The van der Waals surface area contributed by atoms with Crippen LogP contribution in [-0.4, -0.2) is 31.8 Å². The number of imidazole rings is 1. The summed E-state index contributed by atoms with van der Waals surface area (Å²) in [5.41, 5.74) is 0.719. The highest BCUT2D eigenvalue weighted by Crippen LogP contribution is 2.34. The summed E-state index contributed by atoms with van der Waals surface area (Å²) < 4.78 is 9.57. The van der Waals surface area contributed by atoms with Gasteiger partial charge < -0.3 is 14.6 Å². The van der Waals surface area contributed by atoms with Crippen LogP contribution in [0.25, 0.3) is 0 Å². The van der Waals surface area contributed by atoms with Crippen molar-refractivity contribution in [3.8, 4) is 0 Å². The minimum absolute atomic E-state index is 0.0381. The second-order valence-electron chi connectivity index (χ2n) is 5.33. The lowest BCUT2D eigenvalue weighted by atomic mass is 9.99. The topological polar surface area (TPSA) is 74.0 Å². The van der Waals surface area contributed by atoms with Gasteiger partial charge in [-0.1, -0.05) is 0 Å². The van der Waals surface area contributed by atoms with Crippen LogP contribution < -0.4 is 5.32 Å². The molecule has 7 heteroatoms. The van der Waals surface area contributed by atoms with Crippen molar-refractivity contribution in [2.75, 3.05) is 11.9 Å². The first kappa shape index (κ1) is 14.8. The Hall–Kier alpha value is -2.15. The van der Waals surface area contributed by atoms with Crippen LogP contribution in [-0.2, 0) is 22.6 Å². The van der Waals surface area contributed by atoms with Gasteiger partial charge in [-0.25, -0.2) is 4.98 Å². The molecule has 0 aromatic carbocycles. The van der Waals surface area contributed by atoms with Crippen molar-refractivity contribution in [1.29, 1.82) is 0 Å². The van der Waals surface area contributed by atoms with E-state index in [1.54, 1.807) is 17.1 Å². The number of hydrogen-bond donors (Lipinski definition) is 1. The lowest BCUT2D eigenvalue weighted by Gasteiger charge is -2.18. The minimum atomic E-state index is -0.281. The molecule has 0 spiro atoms. The third kappa shape index (κ3) is 2.76. The summed E-state index contributed by atoms with van der Waals surface area (Å²) in [5.74, 6) is 0.561. The Bertz CT molecular complexity index is 648. The normalized spacial score (nSPS) is 21.2. The minimum Gasteiger partial charge on any atom is -0.369 e. The van der Waals surface area contributed by atoms with Gasteiger partial charge in [-0.15, -0.1) is 0 Å². The van der Waals surface area contributed by atoms with Crippen LogP contribution in [0.15, 0.2) is 24.8 Å². The molecule has 118 valence electrons. The van der Waals surface area contributed by atoms with Gasteiger partial charge in [0.25, 0.3) is 0 Å². The SMILES string of the molecule is CCn1cc(NC(=O)[C@@H]2CCO[C@H]2c2nccn2CC)cn1. The van der Waals surface area contributed by atoms with E-state index in [1.165, 1.54) is 0 Å². The van der Waals surface area contributed by atoms with Crippen molar-refractivity contribution in [2.45, 2.75) is 39.5 Å². The second-order valence-corrected chi connectivity index (χ2v) is 5.33. The average molecular weight is 303 g/mol. The maximum absolute atomic E-state index is 12.6. The lowest BCUT2D eigenvalue weighted by Crippen LogP contribution is -2.26. The van der Waals surface area contributed by atoms with E-state index in [-0.39, 0.29) is 17.9 Å². The Morgan fingerprint density at radius 3 is 3.05 bits per heavy atom. The van der Waals surface area contributed by atoms with E-state index in [1.807, 2.05) is 30.8 Å². The van der Waals surface area contributed by atoms with Crippen molar-refractivity contribution in [2.24, 2.45) is 5.92 Å². The smallest absolute Gasteiger partial charge is 0.230 e. The predicted molar refractivity (Wildman–Crippen MR) is 81.2 cm³/mol. The van der Waals surface area contributed by atoms with Gasteiger partial charge in [-0.2, -0.15) is 5.10 Å². The summed E-state index contributed by atoms with van der Waals surface area (Å²) in [5, 5.41) is 7.09. The highest BCUT2D eigenvalue weighted by atomic mass is 16.5. The number of hydrogen-bond acceptors (Lipinski definition) is 4. The van der Waals surface area contributed by atoms with Crippen LogP contribution >= 0.6 is 0 Å². The first-order chi connectivity index (χ1) is 10.7. The van der Waals surface area contributed by atoms with Crippen molar-refractivity contribution in [1.82, 2.24) is 19.3 Å². The number of rotatable bonds is 5. The molecular formula is C15H21N5O2. The van der Waals surface area contributed by atoms with Crippen LogP contribution in [0.2, 0.25) is 0 Å². The Morgan fingerprint density at radius 2 is 2.32 bits per heavy atom. The Balaban J connectivity index is 1.73. The highest BCUT2D eigenvalue weighted by Gasteiger charge is 2.37. The van der Waals surface area contributed by atoms with E-state index in [9.17, 15) is 4.79 Å². The fraction of sp³-hybridized carbons (Fsp3) is 0.533. The molecule has 22 heavy (non-hydrogen) atoms. The number of anilines is 1. The van der Waals surface area contributed by atoms with Crippen LogP contribution in [0.4, 0.5) is 5.69 Å². The van der Waals surface area contributed by atoms with Gasteiger partial charge >= 0.3 is 0 Å². The third-order valence-electron chi connectivity index (χ3n) is 4.00. The fourth-order valence-corrected chi connectivity index (χ4v) is 2.79. The molecule has 2 atom stereocenters. The Morgan fingerprint density at radius 1 is 1.45 bits per heavy atom. The van der Waals surface area contributed by atoms with Crippen molar-refractivity contribution in [3.63, 3.8) is 0 Å². The van der Waals surface area contributed by atoms with Crippen molar-refractivity contribution >= 4 is 11.6 Å². The number of nitrogens with zero attached hydrogens (tertiary/aromatic N) is 4. The lowest BCUT2D eigenvalue weighted by molar-refractivity contribution is -0.121. The first-order valence-electron chi connectivity index (χ1n) is 7.68. The van der Waals surface area contributed by atoms with E-state index in [0.29, 0.717) is 13.0 Å². The predicted octanol–water partition coefficient (Wildman–Crippen LogP) is 1.84. The van der Waals surface area contributed by atoms with Crippen molar-refractivity contribution < 1.29 is 9.53 Å². The highest BCUT2D eigenvalue weighted by molar-refractivity contribution is 5.92. The van der Waals surface area contributed by atoms with Crippen LogP contribution in [0.3, 0.4) is 0 Å². The number of carbonyl (C=O) groups excluding carboxylic acids is 1. The molecule has 0 unspecified atom stereocenters. The number of amides is 1. The maximum atomic E-state index is 12.6. The van der Waals surface area contributed by atoms with Crippen molar-refractivity contribution in [3.05, 3.63) is 30.6 Å². The molecule has 1 fully saturated rings. The molecule has 1 aliphatic heterocycles. The summed E-state index contributed by atoms with van der Waals surface area (Å²) in [7, 11) is 0. The van der Waals surface area contributed by atoms with Gasteiger partial charge in [0.1, 0.15) is 11.9 Å².